The van der Waals surface area contributed by atoms with Crippen LogP contribution in [-0.4, -0.2) is 28.5 Å². The molecule has 0 aromatic heterocycles. The Morgan fingerprint density at radius 2 is 1.95 bits per heavy atom. The highest BCUT2D eigenvalue weighted by atomic mass is 16.6. The van der Waals surface area contributed by atoms with Gasteiger partial charge in [-0.25, -0.2) is 0 Å². The Morgan fingerprint density at radius 1 is 1.33 bits per heavy atom. The molecule has 0 unspecified atom stereocenters. The quantitative estimate of drug-likeness (QED) is 0.617. The maximum absolute atomic E-state index is 11.9. The van der Waals surface area contributed by atoms with Crippen molar-refractivity contribution in [2.45, 2.75) is 27.2 Å². The summed E-state index contributed by atoms with van der Waals surface area (Å²) >= 11 is 0. The van der Waals surface area contributed by atoms with E-state index in [9.17, 15) is 19.7 Å². The number of carbonyl (C=O) groups is 2. The molecule has 7 heteroatoms. The van der Waals surface area contributed by atoms with Gasteiger partial charge in [-0.15, -0.1) is 0 Å². The Bertz CT molecular complexity index is 581. The second-order valence-electron chi connectivity index (χ2n) is 5.51. The lowest BCUT2D eigenvalue weighted by Crippen LogP contribution is -2.32. The van der Waals surface area contributed by atoms with Crippen LogP contribution in [-0.2, 0) is 4.79 Å². The van der Waals surface area contributed by atoms with Gasteiger partial charge in [0.15, 0.2) is 0 Å². The number of nitro benzene ring substituents is 1. The second kappa shape index (κ2) is 6.34. The molecule has 0 fully saturated rings. The molecule has 1 aromatic carbocycles. The van der Waals surface area contributed by atoms with Gasteiger partial charge in [-0.3, -0.25) is 19.7 Å². The lowest BCUT2D eigenvalue weighted by molar-refractivity contribution is -0.384. The molecule has 0 saturated carbocycles. The average molecular weight is 294 g/mol. The maximum Gasteiger partial charge on any atom is 0.309 e. The number of hydrogen-bond donors (Lipinski definition) is 2. The van der Waals surface area contributed by atoms with Gasteiger partial charge >= 0.3 is 5.97 Å². The number of carbonyl (C=O) groups excluding carboxylic acids is 1. The van der Waals surface area contributed by atoms with Gasteiger partial charge in [0, 0.05) is 24.2 Å². The van der Waals surface area contributed by atoms with Crippen LogP contribution in [0.5, 0.6) is 0 Å². The lowest BCUT2D eigenvalue weighted by atomic mass is 9.89. The predicted molar refractivity (Wildman–Crippen MR) is 76.2 cm³/mol. The first-order valence-electron chi connectivity index (χ1n) is 6.41. The van der Waals surface area contributed by atoms with Gasteiger partial charge in [-0.1, -0.05) is 0 Å². The Morgan fingerprint density at radius 3 is 2.48 bits per heavy atom. The van der Waals surface area contributed by atoms with Gasteiger partial charge in [-0.2, -0.15) is 0 Å². The lowest BCUT2D eigenvalue weighted by Gasteiger charge is -2.18. The van der Waals surface area contributed by atoms with E-state index in [1.165, 1.54) is 12.1 Å². The predicted octanol–water partition coefficient (Wildman–Crippen LogP) is 2.13. The molecule has 0 atom stereocenters. The Balaban J connectivity index is 2.73. The monoisotopic (exact) mass is 294 g/mol. The number of amides is 1. The zero-order valence-corrected chi connectivity index (χ0v) is 12.2. The molecule has 21 heavy (non-hydrogen) atoms. The number of benzene rings is 1. The van der Waals surface area contributed by atoms with Gasteiger partial charge in [0.2, 0.25) is 0 Å². The van der Waals surface area contributed by atoms with Crippen molar-refractivity contribution >= 4 is 17.6 Å². The molecule has 0 radical (unpaired) electrons. The standard InChI is InChI=1S/C14H18N2O5/c1-9-6-10(8-11(7-9)16(20)21)12(17)15-5-4-14(2,3)13(18)19/h6-8H,4-5H2,1-3H3,(H,15,17)(H,18,19). The van der Waals surface area contributed by atoms with Gasteiger partial charge in [0.05, 0.1) is 10.3 Å². The Kier molecular flexibility index (Phi) is 5.02. The van der Waals surface area contributed by atoms with Crippen LogP contribution in [0, 0.1) is 22.5 Å². The van der Waals surface area contributed by atoms with E-state index >= 15 is 0 Å². The number of aryl methyl sites for hydroxylation is 1. The van der Waals surface area contributed by atoms with Gasteiger partial charge in [0.25, 0.3) is 11.6 Å². The third-order valence-electron chi connectivity index (χ3n) is 3.15. The molecular weight excluding hydrogens is 276 g/mol. The fourth-order valence-corrected chi connectivity index (χ4v) is 1.70. The topological polar surface area (TPSA) is 110 Å². The maximum atomic E-state index is 11.9. The van der Waals surface area contributed by atoms with Crippen molar-refractivity contribution in [3.05, 3.63) is 39.4 Å². The van der Waals surface area contributed by atoms with Crippen molar-refractivity contribution in [2.75, 3.05) is 6.54 Å². The van der Waals surface area contributed by atoms with Gasteiger partial charge < -0.3 is 10.4 Å². The van der Waals surface area contributed by atoms with E-state index in [0.29, 0.717) is 5.56 Å². The van der Waals surface area contributed by atoms with E-state index in [-0.39, 0.29) is 24.2 Å². The number of rotatable bonds is 6. The first-order valence-corrected chi connectivity index (χ1v) is 6.41. The summed E-state index contributed by atoms with van der Waals surface area (Å²) in [5, 5.41) is 22.3. The number of non-ortho nitro benzene ring substituents is 1. The number of aliphatic carboxylic acids is 1. The summed E-state index contributed by atoms with van der Waals surface area (Å²) in [5.74, 6) is -1.40. The van der Waals surface area contributed by atoms with Crippen LogP contribution < -0.4 is 5.32 Å². The largest absolute Gasteiger partial charge is 0.481 e. The summed E-state index contributed by atoms with van der Waals surface area (Å²) in [7, 11) is 0. The molecule has 1 amide bonds. The van der Waals surface area contributed by atoms with Crippen molar-refractivity contribution < 1.29 is 19.6 Å². The number of nitrogens with zero attached hydrogens (tertiary/aromatic N) is 1. The van der Waals surface area contributed by atoms with E-state index < -0.39 is 22.2 Å². The molecule has 0 saturated heterocycles. The number of hydrogen-bond acceptors (Lipinski definition) is 4. The molecule has 114 valence electrons. The first kappa shape index (κ1) is 16.6. The zero-order chi connectivity index (χ0) is 16.2. The van der Waals surface area contributed by atoms with E-state index in [2.05, 4.69) is 5.32 Å². The smallest absolute Gasteiger partial charge is 0.309 e. The van der Waals surface area contributed by atoms with Crippen molar-refractivity contribution in [1.29, 1.82) is 0 Å². The molecule has 1 rings (SSSR count). The molecule has 0 aliphatic rings. The van der Waals surface area contributed by atoms with Crippen LogP contribution in [0.2, 0.25) is 0 Å². The molecule has 0 aliphatic carbocycles. The summed E-state index contributed by atoms with van der Waals surface area (Å²) in [4.78, 5) is 33.1. The third-order valence-corrected chi connectivity index (χ3v) is 3.15. The van der Waals surface area contributed by atoms with E-state index in [1.807, 2.05) is 0 Å². The minimum absolute atomic E-state index is 0.147. The Hall–Kier alpha value is -2.44. The second-order valence-corrected chi connectivity index (χ2v) is 5.51. The highest BCUT2D eigenvalue weighted by Gasteiger charge is 2.26. The molecule has 2 N–H and O–H groups in total. The van der Waals surface area contributed by atoms with Crippen molar-refractivity contribution in [2.24, 2.45) is 5.41 Å². The zero-order valence-electron chi connectivity index (χ0n) is 12.2. The SMILES string of the molecule is Cc1cc(C(=O)NCCC(C)(C)C(=O)O)cc([N+](=O)[O-])c1. The normalized spacial score (nSPS) is 11.0. The summed E-state index contributed by atoms with van der Waals surface area (Å²) in [6.07, 6.45) is 0.266. The van der Waals surface area contributed by atoms with Crippen LogP contribution in [0.3, 0.4) is 0 Å². The minimum atomic E-state index is -0.942. The fraction of sp³-hybridized carbons (Fsp3) is 0.429. The molecule has 0 aliphatic heterocycles. The number of nitrogens with one attached hydrogen (secondary N) is 1. The Labute approximate surface area is 122 Å². The van der Waals surface area contributed by atoms with E-state index in [4.69, 9.17) is 5.11 Å². The minimum Gasteiger partial charge on any atom is -0.481 e. The first-order chi connectivity index (χ1) is 9.63. The van der Waals surface area contributed by atoms with Crippen LogP contribution >= 0.6 is 0 Å². The molecule has 7 nitrogen and oxygen atoms in total. The molecule has 0 bridgehead atoms. The fourth-order valence-electron chi connectivity index (χ4n) is 1.70. The highest BCUT2D eigenvalue weighted by molar-refractivity contribution is 5.95. The van der Waals surface area contributed by atoms with Crippen LogP contribution in [0.4, 0.5) is 5.69 Å². The molecule has 1 aromatic rings. The number of carboxylic acid groups (broad SMARTS) is 1. The molecule has 0 spiro atoms. The number of nitro groups is 1. The number of carboxylic acids is 1. The van der Waals surface area contributed by atoms with E-state index in [1.54, 1.807) is 26.8 Å². The summed E-state index contributed by atoms with van der Waals surface area (Å²) in [6.45, 7) is 4.98. The van der Waals surface area contributed by atoms with Crippen molar-refractivity contribution in [3.63, 3.8) is 0 Å². The average Bonchev–Trinajstić information content (AvgIpc) is 2.37. The van der Waals surface area contributed by atoms with Crippen LogP contribution in [0.15, 0.2) is 18.2 Å². The third kappa shape index (κ3) is 4.55. The molecule has 0 heterocycles. The van der Waals surface area contributed by atoms with Crippen molar-refractivity contribution in [3.8, 4) is 0 Å². The van der Waals surface area contributed by atoms with Crippen molar-refractivity contribution in [1.82, 2.24) is 5.32 Å². The van der Waals surface area contributed by atoms with Crippen LogP contribution in [0.1, 0.15) is 36.2 Å². The highest BCUT2D eigenvalue weighted by Crippen LogP contribution is 2.20. The van der Waals surface area contributed by atoms with Gasteiger partial charge in [-0.05, 0) is 38.8 Å². The molecular formula is C14H18N2O5. The summed E-state index contributed by atoms with van der Waals surface area (Å²) in [6, 6.07) is 4.12. The van der Waals surface area contributed by atoms with Gasteiger partial charge in [0.1, 0.15) is 0 Å². The summed E-state index contributed by atoms with van der Waals surface area (Å²) < 4.78 is 0. The van der Waals surface area contributed by atoms with Crippen LogP contribution in [0.25, 0.3) is 0 Å². The van der Waals surface area contributed by atoms with E-state index in [0.717, 1.165) is 0 Å². The summed E-state index contributed by atoms with van der Waals surface area (Å²) in [5.41, 5.74) is -0.285.